The summed E-state index contributed by atoms with van der Waals surface area (Å²) in [5.41, 5.74) is 0.274. The number of nitro groups is 1. The summed E-state index contributed by atoms with van der Waals surface area (Å²) in [4.78, 5) is 34.7. The molecule has 2 amide bonds. The number of hydrogen-bond acceptors (Lipinski definition) is 4. The van der Waals surface area contributed by atoms with E-state index >= 15 is 0 Å². The van der Waals surface area contributed by atoms with Gasteiger partial charge in [-0.2, -0.15) is 0 Å². The molecule has 0 saturated heterocycles. The lowest BCUT2D eigenvalue weighted by molar-refractivity contribution is -0.862. The number of nitrogens with zero attached hydrogens (tertiary/aromatic N) is 1. The number of likely N-dealkylation sites (N-methyl/N-ethyl adjacent to an activating group) is 1. The van der Waals surface area contributed by atoms with Crippen molar-refractivity contribution in [3.05, 3.63) is 63.5 Å². The number of aryl methyl sites for hydroxylation is 1. The highest BCUT2D eigenvalue weighted by Gasteiger charge is 2.19. The Balaban J connectivity index is 1.91. The molecule has 0 aliphatic carbocycles. The van der Waals surface area contributed by atoms with Gasteiger partial charge in [0.1, 0.15) is 0 Å². The average Bonchev–Trinajstić information content (AvgIpc) is 2.63. The van der Waals surface area contributed by atoms with E-state index in [2.05, 4.69) is 10.6 Å². The summed E-state index contributed by atoms with van der Waals surface area (Å²) < 4.78 is 39.7. The maximum absolute atomic E-state index is 13.6. The normalized spacial score (nSPS) is 11.6. The maximum atomic E-state index is 13.6. The molecule has 2 aromatic rings. The van der Waals surface area contributed by atoms with Crippen molar-refractivity contribution in [2.45, 2.75) is 6.92 Å². The molecule has 2 rings (SSSR count). The molecule has 8 nitrogen and oxygen atoms in total. The van der Waals surface area contributed by atoms with Crippen LogP contribution in [-0.2, 0) is 9.59 Å². The van der Waals surface area contributed by atoms with E-state index in [4.69, 9.17) is 0 Å². The molecule has 0 bridgehead atoms. The first kappa shape index (κ1) is 21.8. The number of carbonyl (C=O) groups is 2. The molecule has 11 heteroatoms. The molecule has 0 spiro atoms. The number of anilines is 2. The van der Waals surface area contributed by atoms with E-state index in [1.807, 2.05) is 0 Å². The van der Waals surface area contributed by atoms with Crippen LogP contribution >= 0.6 is 0 Å². The smallest absolute Gasteiger partial charge is 0.279 e. The van der Waals surface area contributed by atoms with Crippen LogP contribution in [0.4, 0.5) is 30.2 Å². The van der Waals surface area contributed by atoms with Crippen LogP contribution in [0, 0.1) is 34.5 Å². The Morgan fingerprint density at radius 3 is 2.10 bits per heavy atom. The zero-order chi connectivity index (χ0) is 21.7. The van der Waals surface area contributed by atoms with Gasteiger partial charge in [0.15, 0.2) is 30.5 Å². The fourth-order valence-electron chi connectivity index (χ4n) is 2.52. The third-order valence-corrected chi connectivity index (χ3v) is 3.93. The van der Waals surface area contributed by atoms with Gasteiger partial charge in [0.2, 0.25) is 0 Å². The standard InChI is InChI=1S/C18H17F3N4O4/c1-10-7-11(25(28)29)3-5-13(10)22-15(26)8-24(2)9-16(27)23-14-6-4-12(19)17(20)18(14)21/h3-7H,8-9H2,1-2H3,(H,22,26)(H,23,27)/p+1. The number of carbonyl (C=O) groups excluding carboxylic acids is 2. The molecule has 0 saturated carbocycles. The number of non-ortho nitro benzene ring substituents is 1. The van der Waals surface area contributed by atoms with Crippen LogP contribution in [0.1, 0.15) is 5.56 Å². The average molecular weight is 411 g/mol. The van der Waals surface area contributed by atoms with Crippen LogP contribution in [0.2, 0.25) is 0 Å². The Morgan fingerprint density at radius 2 is 1.55 bits per heavy atom. The van der Waals surface area contributed by atoms with Gasteiger partial charge in [0, 0.05) is 17.8 Å². The van der Waals surface area contributed by atoms with Gasteiger partial charge in [-0.05, 0) is 30.7 Å². The van der Waals surface area contributed by atoms with E-state index < -0.39 is 39.9 Å². The summed E-state index contributed by atoms with van der Waals surface area (Å²) >= 11 is 0. The molecule has 29 heavy (non-hydrogen) atoms. The first-order valence-corrected chi connectivity index (χ1v) is 8.38. The van der Waals surface area contributed by atoms with E-state index in [9.17, 15) is 32.9 Å². The molecular formula is C18H18F3N4O4+. The summed E-state index contributed by atoms with van der Waals surface area (Å²) in [6.07, 6.45) is 0. The fourth-order valence-corrected chi connectivity index (χ4v) is 2.52. The Hall–Kier alpha value is -3.47. The van der Waals surface area contributed by atoms with Crippen molar-refractivity contribution in [2.75, 3.05) is 30.8 Å². The van der Waals surface area contributed by atoms with Gasteiger partial charge in [-0.1, -0.05) is 0 Å². The number of nitro benzene ring substituents is 1. The molecule has 3 N–H and O–H groups in total. The van der Waals surface area contributed by atoms with Crippen LogP contribution in [0.25, 0.3) is 0 Å². The second-order valence-electron chi connectivity index (χ2n) is 6.39. The first-order valence-electron chi connectivity index (χ1n) is 8.38. The summed E-state index contributed by atoms with van der Waals surface area (Å²) in [6, 6.07) is 5.55. The third kappa shape index (κ3) is 5.75. The van der Waals surface area contributed by atoms with Crippen LogP contribution in [0.3, 0.4) is 0 Å². The van der Waals surface area contributed by atoms with E-state index in [-0.39, 0.29) is 18.8 Å². The lowest BCUT2D eigenvalue weighted by Gasteiger charge is -2.15. The van der Waals surface area contributed by atoms with E-state index in [1.165, 1.54) is 25.2 Å². The Labute approximate surface area is 163 Å². The van der Waals surface area contributed by atoms with Crippen LogP contribution in [-0.4, -0.2) is 36.9 Å². The fraction of sp³-hybridized carbons (Fsp3) is 0.222. The van der Waals surface area contributed by atoms with Crippen molar-refractivity contribution in [1.29, 1.82) is 0 Å². The maximum Gasteiger partial charge on any atom is 0.279 e. The molecule has 2 aromatic carbocycles. The third-order valence-electron chi connectivity index (χ3n) is 3.93. The van der Waals surface area contributed by atoms with Crippen molar-refractivity contribution < 1.29 is 32.6 Å². The van der Waals surface area contributed by atoms with Gasteiger partial charge in [0.25, 0.3) is 17.5 Å². The molecule has 1 atom stereocenters. The zero-order valence-corrected chi connectivity index (χ0v) is 15.5. The predicted octanol–water partition coefficient (Wildman–Crippen LogP) is 1.41. The highest BCUT2D eigenvalue weighted by Crippen LogP contribution is 2.21. The summed E-state index contributed by atoms with van der Waals surface area (Å²) in [5.74, 6) is -5.73. The quantitative estimate of drug-likeness (QED) is 0.364. The topological polar surface area (TPSA) is 106 Å². The number of rotatable bonds is 7. The molecule has 0 aliphatic rings. The number of benzene rings is 2. The molecule has 154 valence electrons. The molecule has 0 aromatic heterocycles. The van der Waals surface area contributed by atoms with Gasteiger partial charge in [-0.15, -0.1) is 0 Å². The monoisotopic (exact) mass is 411 g/mol. The van der Waals surface area contributed by atoms with Crippen molar-refractivity contribution in [2.24, 2.45) is 0 Å². The van der Waals surface area contributed by atoms with Gasteiger partial charge in [-0.25, -0.2) is 13.2 Å². The van der Waals surface area contributed by atoms with Gasteiger partial charge >= 0.3 is 0 Å². The minimum absolute atomic E-state index is 0.107. The van der Waals surface area contributed by atoms with E-state index in [1.54, 1.807) is 6.92 Å². The van der Waals surface area contributed by atoms with Crippen molar-refractivity contribution in [1.82, 2.24) is 0 Å². The minimum Gasteiger partial charge on any atom is -0.322 e. The predicted molar refractivity (Wildman–Crippen MR) is 98.0 cm³/mol. The summed E-state index contributed by atoms with van der Waals surface area (Å²) in [7, 11) is 1.53. The van der Waals surface area contributed by atoms with Gasteiger partial charge < -0.3 is 15.5 Å². The van der Waals surface area contributed by atoms with Crippen LogP contribution in [0.5, 0.6) is 0 Å². The number of nitrogens with one attached hydrogen (secondary N) is 3. The van der Waals surface area contributed by atoms with Gasteiger partial charge in [0.05, 0.1) is 17.7 Å². The lowest BCUT2D eigenvalue weighted by Crippen LogP contribution is -3.11. The minimum atomic E-state index is -1.69. The largest absolute Gasteiger partial charge is 0.322 e. The number of amides is 2. The number of hydrogen-bond donors (Lipinski definition) is 3. The molecule has 0 aliphatic heterocycles. The lowest BCUT2D eigenvalue weighted by atomic mass is 10.2. The molecule has 1 unspecified atom stereocenters. The Bertz CT molecular complexity index is 968. The molecule has 0 radical (unpaired) electrons. The second-order valence-corrected chi connectivity index (χ2v) is 6.39. The highest BCUT2D eigenvalue weighted by atomic mass is 19.2. The highest BCUT2D eigenvalue weighted by molar-refractivity contribution is 5.93. The molecule has 0 fully saturated rings. The Morgan fingerprint density at radius 1 is 1.00 bits per heavy atom. The molecule has 0 heterocycles. The Kier molecular flexibility index (Phi) is 6.89. The van der Waals surface area contributed by atoms with E-state index in [0.717, 1.165) is 6.07 Å². The van der Waals surface area contributed by atoms with Gasteiger partial charge in [-0.3, -0.25) is 19.7 Å². The zero-order valence-electron chi connectivity index (χ0n) is 15.5. The second kappa shape index (κ2) is 9.15. The van der Waals surface area contributed by atoms with E-state index in [0.29, 0.717) is 22.2 Å². The van der Waals surface area contributed by atoms with Crippen LogP contribution < -0.4 is 15.5 Å². The summed E-state index contributed by atoms with van der Waals surface area (Å²) in [6.45, 7) is 1.22. The van der Waals surface area contributed by atoms with Crippen molar-refractivity contribution >= 4 is 28.9 Å². The number of halogens is 3. The molecular weight excluding hydrogens is 393 g/mol. The SMILES string of the molecule is Cc1cc([N+](=O)[O-])ccc1NC(=O)C[NH+](C)CC(=O)Nc1ccc(F)c(F)c1F. The van der Waals surface area contributed by atoms with Crippen molar-refractivity contribution in [3.63, 3.8) is 0 Å². The first-order chi connectivity index (χ1) is 13.6. The summed E-state index contributed by atoms with van der Waals surface area (Å²) in [5, 5.41) is 15.4. The van der Waals surface area contributed by atoms with Crippen LogP contribution in [0.15, 0.2) is 30.3 Å². The number of quaternary nitrogens is 1. The van der Waals surface area contributed by atoms with Crippen molar-refractivity contribution in [3.8, 4) is 0 Å².